The first-order valence-electron chi connectivity index (χ1n) is 7.52. The third-order valence-corrected chi connectivity index (χ3v) is 3.80. The molecule has 0 aliphatic carbocycles. The van der Waals surface area contributed by atoms with Gasteiger partial charge in [-0.15, -0.1) is 0 Å². The predicted molar refractivity (Wildman–Crippen MR) is 90.9 cm³/mol. The average Bonchev–Trinajstić information content (AvgIpc) is 2.89. The highest BCUT2D eigenvalue weighted by atomic mass is 16.5. The van der Waals surface area contributed by atoms with Crippen LogP contribution in [-0.2, 0) is 6.54 Å². The summed E-state index contributed by atoms with van der Waals surface area (Å²) < 4.78 is 15.8. The number of nitrogens with one attached hydrogen (secondary N) is 1. The number of methoxy groups -OCH3 is 2. The van der Waals surface area contributed by atoms with Gasteiger partial charge in [0.2, 0.25) is 0 Å². The lowest BCUT2D eigenvalue weighted by atomic mass is 10.1. The molecule has 0 aliphatic heterocycles. The van der Waals surface area contributed by atoms with E-state index >= 15 is 0 Å². The minimum absolute atomic E-state index is 0.128. The minimum atomic E-state index is -0.128. The Bertz CT molecular complexity index is 718. The van der Waals surface area contributed by atoms with E-state index in [0.29, 0.717) is 29.3 Å². The highest BCUT2D eigenvalue weighted by Crippen LogP contribution is 2.34. The zero-order valence-corrected chi connectivity index (χ0v) is 14.9. The molecule has 0 saturated carbocycles. The predicted octanol–water partition coefficient (Wildman–Crippen LogP) is 2.62. The molecule has 0 bridgehead atoms. The van der Waals surface area contributed by atoms with Gasteiger partial charge in [0, 0.05) is 32.3 Å². The van der Waals surface area contributed by atoms with E-state index in [-0.39, 0.29) is 5.91 Å². The van der Waals surface area contributed by atoms with Crippen molar-refractivity contribution in [1.29, 1.82) is 0 Å². The topological polar surface area (TPSA) is 76.8 Å². The summed E-state index contributed by atoms with van der Waals surface area (Å²) in [6.07, 6.45) is 0. The van der Waals surface area contributed by atoms with E-state index in [1.807, 2.05) is 13.8 Å². The van der Waals surface area contributed by atoms with Crippen LogP contribution < -0.4 is 14.8 Å². The highest BCUT2D eigenvalue weighted by molar-refractivity contribution is 6.00. The third-order valence-electron chi connectivity index (χ3n) is 3.80. The van der Waals surface area contributed by atoms with Crippen LogP contribution in [0, 0.1) is 13.8 Å². The highest BCUT2D eigenvalue weighted by Gasteiger charge is 2.19. The monoisotopic (exact) mass is 333 g/mol. The summed E-state index contributed by atoms with van der Waals surface area (Å²) in [5.41, 5.74) is 2.95. The molecule has 0 spiro atoms. The number of nitrogens with zero attached hydrogens (tertiary/aromatic N) is 2. The van der Waals surface area contributed by atoms with Crippen LogP contribution >= 0.6 is 0 Å². The van der Waals surface area contributed by atoms with Gasteiger partial charge < -0.3 is 24.2 Å². The van der Waals surface area contributed by atoms with Crippen LogP contribution in [0.4, 0.5) is 5.69 Å². The molecule has 1 aromatic carbocycles. The van der Waals surface area contributed by atoms with Crippen molar-refractivity contribution >= 4 is 11.6 Å². The Morgan fingerprint density at radius 2 is 1.83 bits per heavy atom. The summed E-state index contributed by atoms with van der Waals surface area (Å²) in [7, 11) is 6.51. The first-order valence-corrected chi connectivity index (χ1v) is 7.52. The fraction of sp³-hybridized carbons (Fsp3) is 0.412. The molecular weight excluding hydrogens is 310 g/mol. The molecule has 0 radical (unpaired) electrons. The van der Waals surface area contributed by atoms with Crippen LogP contribution in [0.2, 0.25) is 0 Å². The van der Waals surface area contributed by atoms with Gasteiger partial charge in [-0.2, -0.15) is 0 Å². The molecule has 0 saturated heterocycles. The largest absolute Gasteiger partial charge is 0.493 e. The minimum Gasteiger partial charge on any atom is -0.493 e. The van der Waals surface area contributed by atoms with E-state index in [9.17, 15) is 4.79 Å². The van der Waals surface area contributed by atoms with Crippen molar-refractivity contribution in [2.75, 3.05) is 33.6 Å². The van der Waals surface area contributed by atoms with Crippen molar-refractivity contribution < 1.29 is 18.8 Å². The number of aromatic nitrogens is 1. The van der Waals surface area contributed by atoms with Crippen LogP contribution in [0.1, 0.15) is 27.4 Å². The third kappa shape index (κ3) is 3.45. The fourth-order valence-electron chi connectivity index (χ4n) is 2.38. The molecule has 0 aliphatic rings. The molecule has 7 nitrogen and oxygen atoms in total. The Morgan fingerprint density at radius 1 is 1.21 bits per heavy atom. The van der Waals surface area contributed by atoms with E-state index in [0.717, 1.165) is 17.0 Å². The van der Waals surface area contributed by atoms with E-state index in [1.165, 1.54) is 4.90 Å². The number of aryl methyl sites for hydroxylation is 2. The summed E-state index contributed by atoms with van der Waals surface area (Å²) in [4.78, 5) is 14.0. The van der Waals surface area contributed by atoms with Crippen molar-refractivity contribution in [1.82, 2.24) is 10.1 Å². The van der Waals surface area contributed by atoms with Crippen LogP contribution in [-0.4, -0.2) is 44.3 Å². The molecule has 24 heavy (non-hydrogen) atoms. The molecule has 1 heterocycles. The quantitative estimate of drug-likeness (QED) is 0.876. The first-order chi connectivity index (χ1) is 11.4. The molecule has 1 N–H and O–H groups in total. The zero-order chi connectivity index (χ0) is 17.9. The lowest BCUT2D eigenvalue weighted by Crippen LogP contribution is -2.23. The summed E-state index contributed by atoms with van der Waals surface area (Å²) >= 11 is 0. The number of benzene rings is 1. The van der Waals surface area contributed by atoms with Gasteiger partial charge in [-0.25, -0.2) is 0 Å². The summed E-state index contributed by atoms with van der Waals surface area (Å²) in [6.45, 7) is 4.23. The Hall–Kier alpha value is -2.70. The molecule has 2 aromatic rings. The Balaban J connectivity index is 2.40. The molecular formula is C17H23N3O4. The number of ether oxygens (including phenoxy) is 2. The van der Waals surface area contributed by atoms with Gasteiger partial charge in [-0.3, -0.25) is 4.79 Å². The molecule has 7 heteroatoms. The van der Waals surface area contributed by atoms with Gasteiger partial charge >= 0.3 is 0 Å². The molecule has 2 rings (SSSR count). The fourth-order valence-corrected chi connectivity index (χ4v) is 2.38. The summed E-state index contributed by atoms with van der Waals surface area (Å²) in [6, 6.07) is 3.44. The number of carbonyl (C=O) groups excluding carboxylic acids is 1. The Kier molecular flexibility index (Phi) is 5.33. The molecule has 0 unspecified atom stereocenters. The maximum Gasteiger partial charge on any atom is 0.255 e. The van der Waals surface area contributed by atoms with Crippen molar-refractivity contribution in [2.24, 2.45) is 0 Å². The van der Waals surface area contributed by atoms with Crippen molar-refractivity contribution in [2.45, 2.75) is 20.4 Å². The van der Waals surface area contributed by atoms with E-state index in [2.05, 4.69) is 10.5 Å². The number of amides is 1. The lowest BCUT2D eigenvalue weighted by molar-refractivity contribution is 0.0828. The van der Waals surface area contributed by atoms with Crippen molar-refractivity contribution in [3.8, 4) is 11.5 Å². The maximum absolute atomic E-state index is 12.5. The smallest absolute Gasteiger partial charge is 0.255 e. The van der Waals surface area contributed by atoms with Gasteiger partial charge in [-0.05, 0) is 19.9 Å². The van der Waals surface area contributed by atoms with Crippen LogP contribution in [0.5, 0.6) is 11.5 Å². The second-order valence-electron chi connectivity index (χ2n) is 5.61. The van der Waals surface area contributed by atoms with Gasteiger partial charge in [0.25, 0.3) is 5.91 Å². The molecule has 1 aromatic heterocycles. The molecule has 1 amide bonds. The van der Waals surface area contributed by atoms with E-state index < -0.39 is 0 Å². The molecule has 130 valence electrons. The Morgan fingerprint density at radius 3 is 2.33 bits per heavy atom. The lowest BCUT2D eigenvalue weighted by Gasteiger charge is -2.18. The van der Waals surface area contributed by atoms with Gasteiger partial charge in [0.15, 0.2) is 11.5 Å². The summed E-state index contributed by atoms with van der Waals surface area (Å²) in [5.74, 6) is 1.68. The van der Waals surface area contributed by atoms with Crippen molar-refractivity contribution in [3.63, 3.8) is 0 Å². The molecule has 0 atom stereocenters. The second kappa shape index (κ2) is 7.25. The summed E-state index contributed by atoms with van der Waals surface area (Å²) in [5, 5.41) is 7.22. The van der Waals surface area contributed by atoms with Crippen LogP contribution in [0.3, 0.4) is 0 Å². The van der Waals surface area contributed by atoms with Gasteiger partial charge in [-0.1, -0.05) is 5.16 Å². The first kappa shape index (κ1) is 17.7. The van der Waals surface area contributed by atoms with Crippen LogP contribution in [0.25, 0.3) is 0 Å². The van der Waals surface area contributed by atoms with Crippen molar-refractivity contribution in [3.05, 3.63) is 34.7 Å². The van der Waals surface area contributed by atoms with Gasteiger partial charge in [0.1, 0.15) is 5.76 Å². The second-order valence-corrected chi connectivity index (χ2v) is 5.61. The SMILES string of the molecule is COc1cc(NCc2c(C)noc2C)c(C(=O)N(C)C)cc1OC. The zero-order valence-electron chi connectivity index (χ0n) is 14.9. The normalized spacial score (nSPS) is 10.4. The number of carbonyl (C=O) groups is 1. The van der Waals surface area contributed by atoms with Gasteiger partial charge in [0.05, 0.1) is 31.2 Å². The maximum atomic E-state index is 12.5. The number of anilines is 1. The Labute approximate surface area is 141 Å². The number of hydrogen-bond donors (Lipinski definition) is 1. The standard InChI is InChI=1S/C17H23N3O4/c1-10-13(11(2)24-19-10)9-18-14-8-16(23-6)15(22-5)7-12(14)17(21)20(3)4/h7-8,18H,9H2,1-6H3. The van der Waals surface area contributed by atoms with E-state index in [4.69, 9.17) is 14.0 Å². The average molecular weight is 333 g/mol. The number of rotatable bonds is 6. The number of hydrogen-bond acceptors (Lipinski definition) is 6. The molecule has 0 fully saturated rings. The van der Waals surface area contributed by atoms with E-state index in [1.54, 1.807) is 40.4 Å². The van der Waals surface area contributed by atoms with Crippen LogP contribution in [0.15, 0.2) is 16.7 Å².